The lowest BCUT2D eigenvalue weighted by atomic mass is 10.1. The molecule has 0 aliphatic carbocycles. The maximum Gasteiger partial charge on any atom is 0.335 e. The van der Waals surface area contributed by atoms with Crippen LogP contribution in [0.5, 0.6) is 0 Å². The van der Waals surface area contributed by atoms with Crippen molar-refractivity contribution in [3.63, 3.8) is 0 Å². The Balaban J connectivity index is 3.19. The number of rotatable bonds is 4. The number of hydrogen-bond donors (Lipinski definition) is 2. The topological polar surface area (TPSA) is 101 Å². The number of carboxylic acid groups (broad SMARTS) is 2. The van der Waals surface area contributed by atoms with Gasteiger partial charge in [0.1, 0.15) is 0 Å². The van der Waals surface area contributed by atoms with E-state index in [4.69, 9.17) is 10.2 Å². The van der Waals surface area contributed by atoms with Gasteiger partial charge in [-0.05, 0) is 29.8 Å². The second-order valence-electron chi connectivity index (χ2n) is 3.31. The summed E-state index contributed by atoms with van der Waals surface area (Å²) in [5.41, 5.74) is -0.0449. The first-order valence-electron chi connectivity index (χ1n) is 4.81. The van der Waals surface area contributed by atoms with Crippen LogP contribution in [0.25, 0.3) is 6.08 Å². The van der Waals surface area contributed by atoms with Gasteiger partial charge in [0.2, 0.25) is 0 Å². The Morgan fingerprint density at radius 3 is 1.94 bits per heavy atom. The molecule has 0 aliphatic rings. The van der Waals surface area contributed by atoms with Crippen molar-refractivity contribution in [2.45, 2.75) is 0 Å². The molecule has 0 saturated heterocycles. The molecule has 0 atom stereocenters. The second kappa shape index (κ2) is 5.62. The zero-order valence-electron chi connectivity index (χ0n) is 9.41. The van der Waals surface area contributed by atoms with Crippen LogP contribution in [-0.2, 0) is 9.53 Å². The largest absolute Gasteiger partial charge is 0.478 e. The second-order valence-corrected chi connectivity index (χ2v) is 3.31. The van der Waals surface area contributed by atoms with Crippen LogP contribution in [-0.4, -0.2) is 35.2 Å². The molecule has 18 heavy (non-hydrogen) atoms. The van der Waals surface area contributed by atoms with E-state index in [0.29, 0.717) is 0 Å². The number of ether oxygens (including phenoxy) is 1. The van der Waals surface area contributed by atoms with Gasteiger partial charge in [-0.1, -0.05) is 0 Å². The lowest BCUT2D eigenvalue weighted by Gasteiger charge is -2.01. The summed E-state index contributed by atoms with van der Waals surface area (Å²) in [5, 5.41) is 17.7. The van der Waals surface area contributed by atoms with Gasteiger partial charge < -0.3 is 14.9 Å². The maximum absolute atomic E-state index is 10.9. The first-order chi connectivity index (χ1) is 8.43. The summed E-state index contributed by atoms with van der Waals surface area (Å²) >= 11 is 0. The fourth-order valence-corrected chi connectivity index (χ4v) is 1.23. The van der Waals surface area contributed by atoms with E-state index in [1.807, 2.05) is 0 Å². The first kappa shape index (κ1) is 13.4. The normalized spacial score (nSPS) is 10.3. The molecule has 6 heteroatoms. The highest BCUT2D eigenvalue weighted by molar-refractivity contribution is 5.95. The van der Waals surface area contributed by atoms with E-state index in [2.05, 4.69) is 4.74 Å². The van der Waals surface area contributed by atoms with Crippen molar-refractivity contribution < 1.29 is 29.3 Å². The average molecular weight is 250 g/mol. The molecular weight excluding hydrogens is 240 g/mol. The molecular formula is C12H10O6. The van der Waals surface area contributed by atoms with Crippen LogP contribution < -0.4 is 0 Å². The third kappa shape index (κ3) is 3.44. The summed E-state index contributed by atoms with van der Waals surface area (Å²) in [4.78, 5) is 32.5. The zero-order chi connectivity index (χ0) is 13.7. The van der Waals surface area contributed by atoms with E-state index in [-0.39, 0.29) is 16.7 Å². The van der Waals surface area contributed by atoms with E-state index >= 15 is 0 Å². The van der Waals surface area contributed by atoms with Gasteiger partial charge in [0.25, 0.3) is 0 Å². The van der Waals surface area contributed by atoms with Gasteiger partial charge in [-0.3, -0.25) is 0 Å². The third-order valence-corrected chi connectivity index (χ3v) is 2.06. The minimum atomic E-state index is -1.24. The molecule has 1 aromatic rings. The van der Waals surface area contributed by atoms with E-state index in [9.17, 15) is 14.4 Å². The summed E-state index contributed by atoms with van der Waals surface area (Å²) in [5.74, 6) is -3.11. The number of hydrogen-bond acceptors (Lipinski definition) is 4. The van der Waals surface area contributed by atoms with Crippen LogP contribution in [0.15, 0.2) is 24.3 Å². The number of carbonyl (C=O) groups is 3. The van der Waals surface area contributed by atoms with Crippen LogP contribution in [0.3, 0.4) is 0 Å². The summed E-state index contributed by atoms with van der Waals surface area (Å²) < 4.78 is 4.37. The van der Waals surface area contributed by atoms with E-state index < -0.39 is 17.9 Å². The van der Waals surface area contributed by atoms with Crippen molar-refractivity contribution in [2.75, 3.05) is 7.11 Å². The monoisotopic (exact) mass is 250 g/mol. The quantitative estimate of drug-likeness (QED) is 0.616. The van der Waals surface area contributed by atoms with E-state index in [1.54, 1.807) is 0 Å². The predicted octanol–water partition coefficient (Wildman–Crippen LogP) is 1.27. The Hall–Kier alpha value is -2.63. The van der Waals surface area contributed by atoms with Crippen LogP contribution in [0.1, 0.15) is 26.3 Å². The third-order valence-electron chi connectivity index (χ3n) is 2.06. The van der Waals surface area contributed by atoms with Gasteiger partial charge >= 0.3 is 17.9 Å². The Kier molecular flexibility index (Phi) is 4.20. The summed E-state index contributed by atoms with van der Waals surface area (Å²) in [6, 6.07) is 3.56. The van der Waals surface area contributed by atoms with Crippen LogP contribution in [0.4, 0.5) is 0 Å². The molecule has 0 unspecified atom stereocenters. The summed E-state index contributed by atoms with van der Waals surface area (Å²) in [6.45, 7) is 0. The van der Waals surface area contributed by atoms with Gasteiger partial charge in [0, 0.05) is 6.08 Å². The Bertz CT molecular complexity index is 497. The average Bonchev–Trinajstić information content (AvgIpc) is 2.35. The molecule has 0 radical (unpaired) electrons. The number of esters is 1. The van der Waals surface area contributed by atoms with Crippen molar-refractivity contribution in [3.05, 3.63) is 41.0 Å². The number of aromatic carboxylic acids is 2. The number of carboxylic acids is 2. The number of carbonyl (C=O) groups excluding carboxylic acids is 1. The van der Waals surface area contributed by atoms with Crippen LogP contribution in [0.2, 0.25) is 0 Å². The van der Waals surface area contributed by atoms with Gasteiger partial charge in [-0.2, -0.15) is 0 Å². The minimum absolute atomic E-state index is 0.167. The van der Waals surface area contributed by atoms with E-state index in [1.165, 1.54) is 25.3 Å². The summed E-state index contributed by atoms with van der Waals surface area (Å²) in [7, 11) is 1.20. The fourth-order valence-electron chi connectivity index (χ4n) is 1.23. The van der Waals surface area contributed by atoms with Gasteiger partial charge in [0.15, 0.2) is 0 Å². The lowest BCUT2D eigenvalue weighted by Crippen LogP contribution is -2.03. The Labute approximate surface area is 102 Å². The van der Waals surface area contributed by atoms with Crippen molar-refractivity contribution in [2.24, 2.45) is 0 Å². The van der Waals surface area contributed by atoms with Gasteiger partial charge in [0.05, 0.1) is 18.2 Å². The standard InChI is InChI=1S/C12H10O6/c1-18-10(13)3-2-7-4-8(11(14)15)6-9(5-7)12(16)17/h2-6H,1H3,(H,14,15)(H,16,17)/b3-2+. The highest BCUT2D eigenvalue weighted by Crippen LogP contribution is 2.12. The molecule has 1 aromatic carbocycles. The molecule has 0 saturated carbocycles. The van der Waals surface area contributed by atoms with Crippen molar-refractivity contribution in [1.29, 1.82) is 0 Å². The number of benzene rings is 1. The van der Waals surface area contributed by atoms with Crippen molar-refractivity contribution >= 4 is 24.0 Å². The van der Waals surface area contributed by atoms with E-state index in [0.717, 1.165) is 12.1 Å². The SMILES string of the molecule is COC(=O)/C=C/c1cc(C(=O)O)cc(C(=O)O)c1. The molecule has 1 rings (SSSR count). The molecule has 0 bridgehead atoms. The minimum Gasteiger partial charge on any atom is -0.478 e. The smallest absolute Gasteiger partial charge is 0.335 e. The number of methoxy groups -OCH3 is 1. The fraction of sp³-hybridized carbons (Fsp3) is 0.0833. The van der Waals surface area contributed by atoms with Gasteiger partial charge in [-0.25, -0.2) is 14.4 Å². The Morgan fingerprint density at radius 2 is 1.56 bits per heavy atom. The Morgan fingerprint density at radius 1 is 1.06 bits per heavy atom. The van der Waals surface area contributed by atoms with Crippen LogP contribution in [0, 0.1) is 0 Å². The molecule has 0 aromatic heterocycles. The molecule has 0 amide bonds. The molecule has 0 heterocycles. The highest BCUT2D eigenvalue weighted by Gasteiger charge is 2.10. The summed E-state index contributed by atoms with van der Waals surface area (Å²) in [6.07, 6.45) is 2.36. The first-order valence-corrected chi connectivity index (χ1v) is 4.81. The van der Waals surface area contributed by atoms with Crippen LogP contribution >= 0.6 is 0 Å². The molecule has 0 aliphatic heterocycles. The highest BCUT2D eigenvalue weighted by atomic mass is 16.5. The maximum atomic E-state index is 10.9. The zero-order valence-corrected chi connectivity index (χ0v) is 9.41. The molecule has 6 nitrogen and oxygen atoms in total. The van der Waals surface area contributed by atoms with Crippen molar-refractivity contribution in [3.8, 4) is 0 Å². The van der Waals surface area contributed by atoms with Crippen molar-refractivity contribution in [1.82, 2.24) is 0 Å². The molecule has 0 spiro atoms. The molecule has 2 N–H and O–H groups in total. The molecule has 94 valence electrons. The molecule has 0 fully saturated rings. The predicted molar refractivity (Wildman–Crippen MR) is 61.4 cm³/mol. The lowest BCUT2D eigenvalue weighted by molar-refractivity contribution is -0.134. The van der Waals surface area contributed by atoms with Gasteiger partial charge in [-0.15, -0.1) is 0 Å².